The summed E-state index contributed by atoms with van der Waals surface area (Å²) < 4.78 is 36.2. The van der Waals surface area contributed by atoms with Crippen molar-refractivity contribution in [1.29, 1.82) is 5.26 Å². The first kappa shape index (κ1) is 45.7. The van der Waals surface area contributed by atoms with Gasteiger partial charge in [0.25, 0.3) is 0 Å². The lowest BCUT2D eigenvalue weighted by molar-refractivity contribution is -0.0965. The highest BCUT2D eigenvalue weighted by Gasteiger charge is 2.50. The molecule has 0 spiro atoms. The lowest BCUT2D eigenvalue weighted by Crippen LogP contribution is -2.51. The van der Waals surface area contributed by atoms with Gasteiger partial charge in [0.2, 0.25) is 0 Å². The summed E-state index contributed by atoms with van der Waals surface area (Å²) in [5.74, 6) is -0.673. The maximum atomic E-state index is 14.0. The van der Waals surface area contributed by atoms with Crippen molar-refractivity contribution < 1.29 is 52.7 Å². The van der Waals surface area contributed by atoms with Crippen LogP contribution in [0.15, 0.2) is 41.1 Å². The van der Waals surface area contributed by atoms with E-state index in [0.29, 0.717) is 10.0 Å². The van der Waals surface area contributed by atoms with Crippen LogP contribution in [0.4, 0.5) is 23.6 Å². The Morgan fingerprint density at radius 3 is 1.39 bits per heavy atom. The number of aliphatic hydroxyl groups excluding tert-OH is 2. The second-order valence-corrected chi connectivity index (χ2v) is 18.0. The second-order valence-electron chi connectivity index (χ2n) is 17.1. The molecule has 2 saturated heterocycles. The minimum absolute atomic E-state index is 0.0503. The first-order valence-corrected chi connectivity index (χ1v) is 18.6. The Bertz CT molecular complexity index is 1810. The molecule has 16 nitrogen and oxygen atoms in total. The number of nitrogens with zero attached hydrogens (tertiary/aromatic N) is 6. The zero-order valence-electron chi connectivity index (χ0n) is 33.8. The standard InChI is InChI=1S/C20H26FN3O5.C18H26BrN3O5/c1-19(2,3)28-17(26)23-15(13-7-12(11-22)8-14(21)9-13)10-16(25)24(23)18(27)29-20(4,5)6;1-17(2,3)26-15(24)21-13(11-7-12(19)10-20-9-11)8-14(23)22(21)16(25)27-18(4,5)6/h7-9,15-16,25H,10H2,1-6H3;7,9-10,13-14,23H,8H2,1-6H3. The number of hydrogen-bond acceptors (Lipinski definition) is 12. The zero-order chi connectivity index (χ0) is 42.7. The third-order valence-electron chi connectivity index (χ3n) is 7.35. The van der Waals surface area contributed by atoms with Gasteiger partial charge in [-0.25, -0.2) is 33.6 Å². The van der Waals surface area contributed by atoms with Gasteiger partial charge in [-0.2, -0.15) is 15.3 Å². The van der Waals surface area contributed by atoms with E-state index in [-0.39, 0.29) is 24.0 Å². The fourth-order valence-electron chi connectivity index (χ4n) is 5.51. The number of rotatable bonds is 2. The molecule has 1 aromatic carbocycles. The number of aromatic nitrogens is 1. The van der Waals surface area contributed by atoms with Crippen molar-refractivity contribution in [3.05, 3.63) is 63.6 Å². The summed E-state index contributed by atoms with van der Waals surface area (Å²) >= 11 is 3.35. The van der Waals surface area contributed by atoms with Crippen LogP contribution in [0.5, 0.6) is 0 Å². The van der Waals surface area contributed by atoms with Gasteiger partial charge >= 0.3 is 24.4 Å². The van der Waals surface area contributed by atoms with Gasteiger partial charge in [0.05, 0.1) is 23.7 Å². The summed E-state index contributed by atoms with van der Waals surface area (Å²) in [4.78, 5) is 55.2. The highest BCUT2D eigenvalue weighted by Crippen LogP contribution is 2.40. The van der Waals surface area contributed by atoms with Crippen molar-refractivity contribution in [2.24, 2.45) is 0 Å². The number of pyridine rings is 1. The lowest BCUT2D eigenvalue weighted by Gasteiger charge is -2.35. The van der Waals surface area contributed by atoms with Gasteiger partial charge in [-0.05, 0) is 134 Å². The Hall–Kier alpha value is -4.73. The molecule has 2 aliphatic heterocycles. The summed E-state index contributed by atoms with van der Waals surface area (Å²) in [5, 5.41) is 33.9. The number of carbonyl (C=O) groups excluding carboxylic acids is 4. The minimum Gasteiger partial charge on any atom is -0.442 e. The van der Waals surface area contributed by atoms with Gasteiger partial charge in [0.1, 0.15) is 28.2 Å². The van der Waals surface area contributed by atoms with Crippen LogP contribution in [0, 0.1) is 17.1 Å². The van der Waals surface area contributed by atoms with Crippen molar-refractivity contribution in [2.45, 2.75) is 143 Å². The van der Waals surface area contributed by atoms with Crippen LogP contribution in [-0.2, 0) is 18.9 Å². The summed E-state index contributed by atoms with van der Waals surface area (Å²) in [5.41, 5.74) is -2.36. The van der Waals surface area contributed by atoms with Crippen molar-refractivity contribution in [3.63, 3.8) is 0 Å². The molecule has 4 rings (SSSR count). The van der Waals surface area contributed by atoms with Gasteiger partial charge in [-0.1, -0.05) is 0 Å². The Balaban J connectivity index is 0.000000301. The van der Waals surface area contributed by atoms with Gasteiger partial charge in [-0.15, -0.1) is 0 Å². The minimum atomic E-state index is -1.41. The van der Waals surface area contributed by atoms with E-state index in [9.17, 15) is 33.8 Å². The molecule has 0 radical (unpaired) electrons. The monoisotopic (exact) mass is 850 g/mol. The molecule has 308 valence electrons. The molecular weight excluding hydrogens is 799 g/mol. The molecule has 0 aliphatic carbocycles. The third-order valence-corrected chi connectivity index (χ3v) is 7.79. The summed E-state index contributed by atoms with van der Waals surface area (Å²) in [6.07, 6.45) is -2.89. The number of hydrazine groups is 2. The Labute approximate surface area is 335 Å². The van der Waals surface area contributed by atoms with Crippen molar-refractivity contribution in [2.75, 3.05) is 0 Å². The molecule has 2 aliphatic rings. The molecule has 0 bridgehead atoms. The van der Waals surface area contributed by atoms with Crippen molar-refractivity contribution in [3.8, 4) is 6.07 Å². The Morgan fingerprint density at radius 1 is 0.661 bits per heavy atom. The maximum Gasteiger partial charge on any atom is 0.431 e. The van der Waals surface area contributed by atoms with Crippen LogP contribution in [0.1, 0.15) is 125 Å². The lowest BCUT2D eigenvalue weighted by atomic mass is 10.0. The quantitative estimate of drug-likeness (QED) is 0.278. The van der Waals surface area contributed by atoms with Crippen LogP contribution in [0.2, 0.25) is 0 Å². The summed E-state index contributed by atoms with van der Waals surface area (Å²) in [6, 6.07) is 5.66. The van der Waals surface area contributed by atoms with E-state index in [0.717, 1.165) is 32.2 Å². The Kier molecular flexibility index (Phi) is 14.0. The molecule has 56 heavy (non-hydrogen) atoms. The average Bonchev–Trinajstić information content (AvgIpc) is 3.55. The van der Waals surface area contributed by atoms with E-state index < -0.39 is 77.1 Å². The zero-order valence-corrected chi connectivity index (χ0v) is 35.4. The number of aliphatic hydroxyl groups is 2. The van der Waals surface area contributed by atoms with Gasteiger partial charge in [0.15, 0.2) is 12.5 Å². The normalized spacial score (nSPS) is 20.1. The first-order chi connectivity index (χ1) is 25.5. The molecule has 2 aromatic rings. The van der Waals surface area contributed by atoms with Crippen molar-refractivity contribution >= 4 is 40.3 Å². The smallest absolute Gasteiger partial charge is 0.431 e. The van der Waals surface area contributed by atoms with E-state index in [1.165, 1.54) is 6.07 Å². The molecular formula is C38H52BrFN6O10. The predicted octanol–water partition coefficient (Wildman–Crippen LogP) is 7.85. The fraction of sp³-hybridized carbons (Fsp3) is 0.579. The van der Waals surface area contributed by atoms with Crippen LogP contribution >= 0.6 is 15.9 Å². The number of halogens is 2. The van der Waals surface area contributed by atoms with E-state index in [2.05, 4.69) is 20.9 Å². The summed E-state index contributed by atoms with van der Waals surface area (Å²) in [7, 11) is 0. The molecule has 18 heteroatoms. The molecule has 4 atom stereocenters. The molecule has 3 heterocycles. The molecule has 2 N–H and O–H groups in total. The molecule has 4 amide bonds. The number of benzene rings is 1. The maximum absolute atomic E-state index is 14.0. The van der Waals surface area contributed by atoms with Crippen molar-refractivity contribution in [1.82, 2.24) is 25.0 Å². The SMILES string of the molecule is CC(C)(C)OC(=O)N1C(O)CC(c2cc(F)cc(C#N)c2)N1C(=O)OC(C)(C)C.CC(C)(C)OC(=O)N1C(O)CC(c2cncc(Br)c2)N1C(=O)OC(C)(C)C. The average molecular weight is 852 g/mol. The Morgan fingerprint density at radius 2 is 1.04 bits per heavy atom. The number of carbonyl (C=O) groups is 4. The third kappa shape index (κ3) is 12.6. The van der Waals surface area contributed by atoms with E-state index in [1.807, 2.05) is 6.07 Å². The van der Waals surface area contributed by atoms with Crippen LogP contribution in [-0.4, -0.2) is 94.5 Å². The number of ether oxygens (including phenoxy) is 4. The van der Waals surface area contributed by atoms with Crippen LogP contribution in [0.3, 0.4) is 0 Å². The molecule has 2 fully saturated rings. The van der Waals surface area contributed by atoms with E-state index >= 15 is 0 Å². The first-order valence-electron chi connectivity index (χ1n) is 17.8. The number of hydrogen-bond donors (Lipinski definition) is 2. The topological polar surface area (TPSA) is 195 Å². The van der Waals surface area contributed by atoms with Crippen LogP contribution in [0.25, 0.3) is 0 Å². The second kappa shape index (κ2) is 17.2. The van der Waals surface area contributed by atoms with Gasteiger partial charge in [-0.3, -0.25) is 4.98 Å². The largest absolute Gasteiger partial charge is 0.442 e. The van der Waals surface area contributed by atoms with Crippen LogP contribution < -0.4 is 0 Å². The molecule has 4 unspecified atom stereocenters. The fourth-order valence-corrected chi connectivity index (χ4v) is 5.89. The highest BCUT2D eigenvalue weighted by atomic mass is 79.9. The van der Waals surface area contributed by atoms with E-state index in [4.69, 9.17) is 24.2 Å². The van der Waals surface area contributed by atoms with Gasteiger partial charge < -0.3 is 29.2 Å². The molecule has 0 saturated carbocycles. The van der Waals surface area contributed by atoms with Gasteiger partial charge in [0, 0.05) is 29.7 Å². The summed E-state index contributed by atoms with van der Waals surface area (Å²) in [6.45, 7) is 20.2. The predicted molar refractivity (Wildman–Crippen MR) is 202 cm³/mol. The highest BCUT2D eigenvalue weighted by molar-refractivity contribution is 9.10. The van der Waals surface area contributed by atoms with E-state index in [1.54, 1.807) is 102 Å². The number of nitriles is 1. The molecule has 1 aromatic heterocycles. The number of amides is 4.